The number of nitrogens with zero attached hydrogens (tertiary/aromatic N) is 3. The third-order valence-corrected chi connectivity index (χ3v) is 9.36. The average Bonchev–Trinajstić information content (AvgIpc) is 3.70. The molecule has 0 unspecified atom stereocenters. The van der Waals surface area contributed by atoms with Crippen LogP contribution in [0.1, 0.15) is 0 Å². The Labute approximate surface area is 256 Å². The highest BCUT2D eigenvalue weighted by molar-refractivity contribution is 7.26. The molecule has 206 valence electrons. The maximum atomic E-state index is 6.11. The zero-order valence-electron chi connectivity index (χ0n) is 23.4. The van der Waals surface area contributed by atoms with Gasteiger partial charge in [0.05, 0.1) is 0 Å². The van der Waals surface area contributed by atoms with Crippen LogP contribution in [0.2, 0.25) is 0 Å². The van der Waals surface area contributed by atoms with Gasteiger partial charge in [-0.25, -0.2) is 15.0 Å². The summed E-state index contributed by atoms with van der Waals surface area (Å²) in [6.45, 7) is 0. The Morgan fingerprint density at radius 1 is 0.455 bits per heavy atom. The van der Waals surface area contributed by atoms with Crippen LogP contribution in [0, 0.1) is 0 Å². The lowest BCUT2D eigenvalue weighted by Gasteiger charge is -2.10. The van der Waals surface area contributed by atoms with Gasteiger partial charge in [-0.3, -0.25) is 0 Å². The van der Waals surface area contributed by atoms with Crippen molar-refractivity contribution in [2.75, 3.05) is 0 Å². The minimum atomic E-state index is 0.632. The van der Waals surface area contributed by atoms with Gasteiger partial charge in [-0.2, -0.15) is 0 Å². The molecule has 0 bridgehead atoms. The standard InChI is InChI=1S/C39H23N3OS/c1-2-9-27-22-29(21-16-24(27)8-1)38-40-37(26-19-17-25(18-20-26)34-23-28-10-3-5-14-33(28)43-34)41-39(42-38)32-13-7-12-31-30-11-4-6-15-35(30)44-36(31)32/h1-23H. The molecule has 0 amide bonds. The molecule has 9 rings (SSSR count). The topological polar surface area (TPSA) is 51.8 Å². The van der Waals surface area contributed by atoms with Gasteiger partial charge in [0.25, 0.3) is 0 Å². The average molecular weight is 582 g/mol. The summed E-state index contributed by atoms with van der Waals surface area (Å²) in [6.07, 6.45) is 0. The fourth-order valence-corrected chi connectivity index (χ4v) is 7.13. The summed E-state index contributed by atoms with van der Waals surface area (Å²) in [5.74, 6) is 2.78. The molecular formula is C39H23N3OS. The minimum Gasteiger partial charge on any atom is -0.456 e. The Morgan fingerprint density at radius 3 is 1.98 bits per heavy atom. The van der Waals surface area contributed by atoms with Gasteiger partial charge in [-0.1, -0.05) is 109 Å². The van der Waals surface area contributed by atoms with Crippen molar-refractivity contribution >= 4 is 53.3 Å². The van der Waals surface area contributed by atoms with E-state index in [9.17, 15) is 0 Å². The molecule has 4 nitrogen and oxygen atoms in total. The van der Waals surface area contributed by atoms with E-state index < -0.39 is 0 Å². The van der Waals surface area contributed by atoms with Gasteiger partial charge in [-0.05, 0) is 41.1 Å². The normalized spacial score (nSPS) is 11.6. The van der Waals surface area contributed by atoms with Crippen LogP contribution in [0.4, 0.5) is 0 Å². The van der Waals surface area contributed by atoms with Crippen LogP contribution in [0.3, 0.4) is 0 Å². The van der Waals surface area contributed by atoms with E-state index in [0.29, 0.717) is 17.5 Å². The zero-order valence-corrected chi connectivity index (χ0v) is 24.3. The van der Waals surface area contributed by atoms with Gasteiger partial charge in [0.2, 0.25) is 0 Å². The van der Waals surface area contributed by atoms with E-state index in [1.165, 1.54) is 25.6 Å². The Bertz CT molecular complexity index is 2480. The van der Waals surface area contributed by atoms with E-state index in [1.54, 1.807) is 11.3 Å². The van der Waals surface area contributed by atoms with Gasteiger partial charge in [0.1, 0.15) is 11.3 Å². The fraction of sp³-hybridized carbons (Fsp3) is 0. The number of para-hydroxylation sites is 1. The highest BCUT2D eigenvalue weighted by Crippen LogP contribution is 2.39. The Morgan fingerprint density at radius 2 is 1.11 bits per heavy atom. The van der Waals surface area contributed by atoms with Gasteiger partial charge in [0.15, 0.2) is 17.5 Å². The third-order valence-electron chi connectivity index (χ3n) is 8.14. The van der Waals surface area contributed by atoms with Crippen molar-refractivity contribution < 1.29 is 4.42 Å². The molecule has 3 aromatic heterocycles. The minimum absolute atomic E-state index is 0.632. The first-order valence-electron chi connectivity index (χ1n) is 14.5. The lowest BCUT2D eigenvalue weighted by molar-refractivity contribution is 0.631. The van der Waals surface area contributed by atoms with E-state index in [-0.39, 0.29) is 0 Å². The van der Waals surface area contributed by atoms with Crippen molar-refractivity contribution in [2.24, 2.45) is 0 Å². The molecular weight excluding hydrogens is 559 g/mol. The summed E-state index contributed by atoms with van der Waals surface area (Å²) < 4.78 is 8.54. The second-order valence-electron chi connectivity index (χ2n) is 10.9. The molecule has 0 saturated heterocycles. The first-order chi connectivity index (χ1) is 21.8. The van der Waals surface area contributed by atoms with Gasteiger partial charge in [0, 0.05) is 47.8 Å². The van der Waals surface area contributed by atoms with Crippen LogP contribution in [0.15, 0.2) is 144 Å². The SMILES string of the molecule is c1ccc2cc(-c3nc(-c4ccc(-c5cc6ccccc6o5)cc4)nc(-c4cccc5c4sc4ccccc45)n3)ccc2c1. The molecule has 0 fully saturated rings. The number of hydrogen-bond donors (Lipinski definition) is 0. The molecule has 3 heterocycles. The van der Waals surface area contributed by atoms with E-state index in [4.69, 9.17) is 19.4 Å². The maximum absolute atomic E-state index is 6.11. The molecule has 9 aromatic rings. The van der Waals surface area contributed by atoms with E-state index >= 15 is 0 Å². The first kappa shape index (κ1) is 24.9. The summed E-state index contributed by atoms with van der Waals surface area (Å²) in [5.41, 5.74) is 4.76. The Balaban J connectivity index is 1.21. The number of benzene rings is 6. The summed E-state index contributed by atoms with van der Waals surface area (Å²) in [5, 5.41) is 5.88. The van der Waals surface area contributed by atoms with Crippen molar-refractivity contribution in [3.05, 3.63) is 140 Å². The van der Waals surface area contributed by atoms with E-state index in [0.717, 1.165) is 44.4 Å². The molecule has 5 heteroatoms. The third kappa shape index (κ3) is 4.17. The molecule has 44 heavy (non-hydrogen) atoms. The monoisotopic (exact) mass is 581 g/mol. The smallest absolute Gasteiger partial charge is 0.165 e. The second kappa shape index (κ2) is 9.97. The maximum Gasteiger partial charge on any atom is 0.165 e. The predicted octanol–water partition coefficient (Wildman–Crippen LogP) is 10.8. The Kier molecular flexibility index (Phi) is 5.64. The van der Waals surface area contributed by atoms with Crippen LogP contribution in [-0.2, 0) is 0 Å². The predicted molar refractivity (Wildman–Crippen MR) is 182 cm³/mol. The van der Waals surface area contributed by atoms with Crippen molar-refractivity contribution in [1.29, 1.82) is 0 Å². The fourth-order valence-electron chi connectivity index (χ4n) is 5.91. The largest absolute Gasteiger partial charge is 0.456 e. The van der Waals surface area contributed by atoms with Gasteiger partial charge in [-0.15, -0.1) is 11.3 Å². The molecule has 0 N–H and O–H groups in total. The van der Waals surface area contributed by atoms with E-state index in [1.807, 2.05) is 18.2 Å². The van der Waals surface area contributed by atoms with E-state index in [2.05, 4.69) is 121 Å². The van der Waals surface area contributed by atoms with Gasteiger partial charge < -0.3 is 4.42 Å². The highest BCUT2D eigenvalue weighted by Gasteiger charge is 2.17. The first-order valence-corrected chi connectivity index (χ1v) is 15.3. The lowest BCUT2D eigenvalue weighted by atomic mass is 10.1. The number of hydrogen-bond acceptors (Lipinski definition) is 5. The summed E-state index contributed by atoms with van der Waals surface area (Å²) in [6, 6.07) is 48.1. The number of rotatable bonds is 4. The summed E-state index contributed by atoms with van der Waals surface area (Å²) in [7, 11) is 0. The molecule has 0 atom stereocenters. The van der Waals surface area contributed by atoms with Crippen molar-refractivity contribution in [3.8, 4) is 45.5 Å². The number of furan rings is 1. The van der Waals surface area contributed by atoms with Crippen molar-refractivity contribution in [2.45, 2.75) is 0 Å². The number of fused-ring (bicyclic) bond motifs is 5. The van der Waals surface area contributed by atoms with Crippen LogP contribution in [0.5, 0.6) is 0 Å². The van der Waals surface area contributed by atoms with Crippen LogP contribution in [0.25, 0.3) is 87.4 Å². The number of thiophene rings is 1. The zero-order chi connectivity index (χ0) is 29.0. The molecule has 0 aliphatic rings. The molecule has 6 aromatic carbocycles. The molecule has 0 saturated carbocycles. The Hall–Kier alpha value is -5.65. The second-order valence-corrected chi connectivity index (χ2v) is 11.9. The summed E-state index contributed by atoms with van der Waals surface area (Å²) in [4.78, 5) is 15.2. The molecule has 0 aliphatic heterocycles. The van der Waals surface area contributed by atoms with Gasteiger partial charge >= 0.3 is 0 Å². The molecule has 0 radical (unpaired) electrons. The van der Waals surface area contributed by atoms with Crippen LogP contribution < -0.4 is 0 Å². The van der Waals surface area contributed by atoms with Crippen LogP contribution in [-0.4, -0.2) is 15.0 Å². The quantitative estimate of drug-likeness (QED) is 0.207. The summed E-state index contributed by atoms with van der Waals surface area (Å²) >= 11 is 1.78. The number of aromatic nitrogens is 3. The van der Waals surface area contributed by atoms with Crippen molar-refractivity contribution in [1.82, 2.24) is 15.0 Å². The van der Waals surface area contributed by atoms with Crippen LogP contribution >= 0.6 is 11.3 Å². The van der Waals surface area contributed by atoms with Crippen molar-refractivity contribution in [3.63, 3.8) is 0 Å². The molecule has 0 spiro atoms. The highest BCUT2D eigenvalue weighted by atomic mass is 32.1. The lowest BCUT2D eigenvalue weighted by Crippen LogP contribution is -2.00. The molecule has 0 aliphatic carbocycles.